The summed E-state index contributed by atoms with van der Waals surface area (Å²) in [5.41, 5.74) is 2.26. The quantitative estimate of drug-likeness (QED) is 0.774. The van der Waals surface area contributed by atoms with Crippen molar-refractivity contribution in [3.05, 3.63) is 11.3 Å². The van der Waals surface area contributed by atoms with Crippen LogP contribution in [0.3, 0.4) is 0 Å². The molecule has 0 N–H and O–H groups in total. The second-order valence-corrected chi connectivity index (χ2v) is 5.31. The molecule has 0 bridgehead atoms. The van der Waals surface area contributed by atoms with E-state index in [1.807, 2.05) is 18.7 Å². The molecule has 2 heterocycles. The number of aromatic nitrogens is 2. The fourth-order valence-electron chi connectivity index (χ4n) is 3.02. The minimum atomic E-state index is 0.550. The van der Waals surface area contributed by atoms with Crippen LogP contribution in [0.5, 0.6) is 0 Å². The van der Waals surface area contributed by atoms with Gasteiger partial charge in [-0.15, -0.1) is 11.6 Å². The molecule has 0 saturated carbocycles. The van der Waals surface area contributed by atoms with Gasteiger partial charge >= 0.3 is 0 Å². The predicted octanol–water partition coefficient (Wildman–Crippen LogP) is 3.23. The van der Waals surface area contributed by atoms with E-state index in [2.05, 4.69) is 23.8 Å². The Morgan fingerprint density at radius 3 is 2.71 bits per heavy atom. The van der Waals surface area contributed by atoms with E-state index in [4.69, 9.17) is 11.6 Å². The van der Waals surface area contributed by atoms with Gasteiger partial charge in [0.15, 0.2) is 0 Å². The molecule has 4 heteroatoms. The summed E-state index contributed by atoms with van der Waals surface area (Å²) in [5.74, 6) is 1.78. The van der Waals surface area contributed by atoms with Gasteiger partial charge in [0.05, 0.1) is 11.6 Å². The van der Waals surface area contributed by atoms with Gasteiger partial charge in [-0.2, -0.15) is 5.10 Å². The molecule has 0 aliphatic carbocycles. The summed E-state index contributed by atoms with van der Waals surface area (Å²) in [5, 5.41) is 4.52. The van der Waals surface area contributed by atoms with E-state index in [1.54, 1.807) is 0 Å². The third kappa shape index (κ3) is 2.05. The van der Waals surface area contributed by atoms with Crippen LogP contribution in [0.4, 0.5) is 5.82 Å². The molecule has 1 aromatic rings. The molecule has 3 nitrogen and oxygen atoms in total. The van der Waals surface area contributed by atoms with Crippen molar-refractivity contribution in [1.29, 1.82) is 0 Å². The average molecular weight is 256 g/mol. The number of rotatable bonds is 3. The first kappa shape index (κ1) is 12.7. The summed E-state index contributed by atoms with van der Waals surface area (Å²) < 4.78 is 2.00. The van der Waals surface area contributed by atoms with Crippen LogP contribution in [0.15, 0.2) is 0 Å². The summed E-state index contributed by atoms with van der Waals surface area (Å²) in [4.78, 5) is 2.53. The molecular weight excluding hydrogens is 234 g/mol. The Hall–Kier alpha value is -0.700. The maximum Gasteiger partial charge on any atom is 0.131 e. The molecule has 2 atom stereocenters. The SMILES string of the molecule is CCC1CCC(C)N1c1c(CCl)c(C)nn1C. The summed E-state index contributed by atoms with van der Waals surface area (Å²) in [6, 6.07) is 1.23. The molecule has 1 saturated heterocycles. The van der Waals surface area contributed by atoms with Gasteiger partial charge in [-0.25, -0.2) is 0 Å². The van der Waals surface area contributed by atoms with Crippen molar-refractivity contribution in [2.45, 2.75) is 58.0 Å². The molecular formula is C13H22ClN3. The molecule has 2 unspecified atom stereocenters. The molecule has 0 aromatic carbocycles. The zero-order valence-electron chi connectivity index (χ0n) is 11.2. The summed E-state index contributed by atoms with van der Waals surface area (Å²) in [7, 11) is 2.02. The number of anilines is 1. The predicted molar refractivity (Wildman–Crippen MR) is 72.8 cm³/mol. The normalized spacial score (nSPS) is 24.6. The van der Waals surface area contributed by atoms with Crippen molar-refractivity contribution in [3.8, 4) is 0 Å². The number of hydrogen-bond donors (Lipinski definition) is 0. The van der Waals surface area contributed by atoms with Gasteiger partial charge in [0.1, 0.15) is 5.82 Å². The van der Waals surface area contributed by atoms with Crippen molar-refractivity contribution in [2.75, 3.05) is 4.90 Å². The largest absolute Gasteiger partial charge is 0.351 e. The number of alkyl halides is 1. The topological polar surface area (TPSA) is 21.1 Å². The van der Waals surface area contributed by atoms with Gasteiger partial charge < -0.3 is 4.90 Å². The third-order valence-electron chi connectivity index (χ3n) is 3.95. The first-order valence-electron chi connectivity index (χ1n) is 6.46. The van der Waals surface area contributed by atoms with E-state index in [0.29, 0.717) is 18.0 Å². The summed E-state index contributed by atoms with van der Waals surface area (Å²) >= 11 is 6.09. The van der Waals surface area contributed by atoms with Crippen molar-refractivity contribution in [2.24, 2.45) is 7.05 Å². The molecule has 1 aromatic heterocycles. The smallest absolute Gasteiger partial charge is 0.131 e. The minimum Gasteiger partial charge on any atom is -0.351 e. The molecule has 17 heavy (non-hydrogen) atoms. The molecule has 0 amide bonds. The summed E-state index contributed by atoms with van der Waals surface area (Å²) in [6.07, 6.45) is 3.74. The van der Waals surface area contributed by atoms with E-state index in [1.165, 1.54) is 30.6 Å². The minimum absolute atomic E-state index is 0.550. The van der Waals surface area contributed by atoms with Gasteiger partial charge in [-0.1, -0.05) is 6.92 Å². The fraction of sp³-hybridized carbons (Fsp3) is 0.769. The number of aryl methyl sites for hydroxylation is 2. The lowest BCUT2D eigenvalue weighted by Gasteiger charge is -2.31. The van der Waals surface area contributed by atoms with E-state index in [9.17, 15) is 0 Å². The Bertz CT molecular complexity index is 400. The molecule has 0 spiro atoms. The Kier molecular flexibility index (Phi) is 3.67. The van der Waals surface area contributed by atoms with E-state index >= 15 is 0 Å². The lowest BCUT2D eigenvalue weighted by atomic mass is 10.1. The van der Waals surface area contributed by atoms with Crippen molar-refractivity contribution in [1.82, 2.24) is 9.78 Å². The Balaban J connectivity index is 2.44. The van der Waals surface area contributed by atoms with Crippen LogP contribution >= 0.6 is 11.6 Å². The Morgan fingerprint density at radius 2 is 2.12 bits per heavy atom. The lowest BCUT2D eigenvalue weighted by Crippen LogP contribution is -2.36. The van der Waals surface area contributed by atoms with Gasteiger partial charge in [-0.3, -0.25) is 4.68 Å². The Labute approximate surface area is 109 Å². The Morgan fingerprint density at radius 1 is 1.41 bits per heavy atom. The highest BCUT2D eigenvalue weighted by atomic mass is 35.5. The average Bonchev–Trinajstić information content (AvgIpc) is 2.78. The maximum absolute atomic E-state index is 6.09. The fourth-order valence-corrected chi connectivity index (χ4v) is 3.34. The molecule has 1 aliphatic rings. The molecule has 1 aliphatic heterocycles. The van der Waals surface area contributed by atoms with E-state index < -0.39 is 0 Å². The van der Waals surface area contributed by atoms with Crippen molar-refractivity contribution in [3.63, 3.8) is 0 Å². The van der Waals surface area contributed by atoms with Crippen LogP contribution in [0.25, 0.3) is 0 Å². The lowest BCUT2D eigenvalue weighted by molar-refractivity contribution is 0.597. The maximum atomic E-state index is 6.09. The zero-order chi connectivity index (χ0) is 12.6. The van der Waals surface area contributed by atoms with Gasteiger partial charge in [0.2, 0.25) is 0 Å². The van der Waals surface area contributed by atoms with E-state index in [-0.39, 0.29) is 0 Å². The second kappa shape index (κ2) is 4.89. The zero-order valence-corrected chi connectivity index (χ0v) is 12.0. The van der Waals surface area contributed by atoms with Crippen LogP contribution in [-0.4, -0.2) is 21.9 Å². The first-order valence-corrected chi connectivity index (χ1v) is 7.00. The first-order chi connectivity index (χ1) is 8.10. The van der Waals surface area contributed by atoms with Crippen LogP contribution in [0, 0.1) is 6.92 Å². The van der Waals surface area contributed by atoms with Crippen molar-refractivity contribution < 1.29 is 0 Å². The third-order valence-corrected chi connectivity index (χ3v) is 4.22. The highest BCUT2D eigenvalue weighted by Crippen LogP contribution is 2.35. The van der Waals surface area contributed by atoms with Gasteiger partial charge in [0.25, 0.3) is 0 Å². The highest BCUT2D eigenvalue weighted by molar-refractivity contribution is 6.17. The molecule has 0 radical (unpaired) electrons. The standard InChI is InChI=1S/C13H22ClN3/c1-5-11-7-6-9(2)17(11)13-12(8-14)10(3)15-16(13)4/h9,11H,5-8H2,1-4H3. The van der Waals surface area contributed by atoms with Crippen LogP contribution in [0.1, 0.15) is 44.4 Å². The van der Waals surface area contributed by atoms with Crippen LogP contribution < -0.4 is 4.90 Å². The highest BCUT2D eigenvalue weighted by Gasteiger charge is 2.33. The number of halogens is 1. The molecule has 1 fully saturated rings. The van der Waals surface area contributed by atoms with Crippen LogP contribution in [0.2, 0.25) is 0 Å². The molecule has 2 rings (SSSR count). The van der Waals surface area contributed by atoms with Crippen LogP contribution in [-0.2, 0) is 12.9 Å². The van der Waals surface area contributed by atoms with Gasteiger partial charge in [0, 0.05) is 24.7 Å². The number of nitrogens with zero attached hydrogens (tertiary/aromatic N) is 3. The number of hydrogen-bond acceptors (Lipinski definition) is 2. The monoisotopic (exact) mass is 255 g/mol. The van der Waals surface area contributed by atoms with Gasteiger partial charge in [-0.05, 0) is 33.1 Å². The summed E-state index contributed by atoms with van der Waals surface area (Å²) in [6.45, 7) is 6.61. The molecule has 96 valence electrons. The van der Waals surface area contributed by atoms with Crippen molar-refractivity contribution >= 4 is 17.4 Å². The second-order valence-electron chi connectivity index (χ2n) is 5.04. The van der Waals surface area contributed by atoms with E-state index in [0.717, 1.165) is 5.69 Å².